The Hall–Kier alpha value is -3.89. The summed E-state index contributed by atoms with van der Waals surface area (Å²) in [6.45, 7) is 1.18. The van der Waals surface area contributed by atoms with Crippen molar-refractivity contribution in [3.05, 3.63) is 79.6 Å². The van der Waals surface area contributed by atoms with E-state index in [1.807, 2.05) is 0 Å². The number of nitro benzene ring substituents is 2. The maximum atomic E-state index is 14.1. The third kappa shape index (κ3) is 3.42. The second kappa shape index (κ2) is 6.78. The van der Waals surface area contributed by atoms with E-state index in [2.05, 4.69) is 5.10 Å². The Kier molecular flexibility index (Phi) is 4.50. The van der Waals surface area contributed by atoms with Gasteiger partial charge in [-0.2, -0.15) is 5.01 Å². The average molecular weight is 374 g/mol. The van der Waals surface area contributed by atoms with Crippen LogP contribution in [0.25, 0.3) is 0 Å². The standard InChI is InChI=1S/C16H11FN4O6/c1-9(22)19-16(13-4-2-3-5-14(13)17)27-15(18-19)10-6-11(20(23)24)8-12(7-10)21(25)26/h2-8,16H,1H3/t16-/m0/s1. The molecule has 2 aromatic rings. The lowest BCUT2D eigenvalue weighted by molar-refractivity contribution is -0.394. The fourth-order valence-electron chi connectivity index (χ4n) is 2.49. The molecular weight excluding hydrogens is 363 g/mol. The lowest BCUT2D eigenvalue weighted by Gasteiger charge is -2.19. The highest BCUT2D eigenvalue weighted by Crippen LogP contribution is 2.33. The molecule has 0 bridgehead atoms. The van der Waals surface area contributed by atoms with Crippen molar-refractivity contribution >= 4 is 23.2 Å². The van der Waals surface area contributed by atoms with E-state index in [1.165, 1.54) is 31.2 Å². The van der Waals surface area contributed by atoms with E-state index in [9.17, 15) is 29.4 Å². The number of nitrogens with zero attached hydrogens (tertiary/aromatic N) is 4. The Morgan fingerprint density at radius 2 is 1.74 bits per heavy atom. The van der Waals surface area contributed by atoms with Crippen LogP contribution in [-0.4, -0.2) is 26.7 Å². The van der Waals surface area contributed by atoms with Crippen molar-refractivity contribution in [2.45, 2.75) is 13.2 Å². The zero-order valence-electron chi connectivity index (χ0n) is 13.7. The van der Waals surface area contributed by atoms with Crippen molar-refractivity contribution in [3.63, 3.8) is 0 Å². The van der Waals surface area contributed by atoms with E-state index in [0.29, 0.717) is 0 Å². The van der Waals surface area contributed by atoms with Crippen LogP contribution in [0.1, 0.15) is 24.3 Å². The molecule has 0 unspecified atom stereocenters. The van der Waals surface area contributed by atoms with Crippen molar-refractivity contribution in [2.75, 3.05) is 0 Å². The van der Waals surface area contributed by atoms with Gasteiger partial charge in [0.15, 0.2) is 0 Å². The van der Waals surface area contributed by atoms with Crippen LogP contribution in [0, 0.1) is 26.0 Å². The molecule has 0 saturated heterocycles. The quantitative estimate of drug-likeness (QED) is 0.598. The molecule has 11 heteroatoms. The summed E-state index contributed by atoms with van der Waals surface area (Å²) >= 11 is 0. The van der Waals surface area contributed by atoms with E-state index >= 15 is 0 Å². The molecule has 138 valence electrons. The summed E-state index contributed by atoms with van der Waals surface area (Å²) in [4.78, 5) is 32.3. The van der Waals surface area contributed by atoms with E-state index in [0.717, 1.165) is 23.2 Å². The molecule has 0 saturated carbocycles. The van der Waals surface area contributed by atoms with Gasteiger partial charge in [0.1, 0.15) is 5.82 Å². The van der Waals surface area contributed by atoms with Crippen LogP contribution in [0.15, 0.2) is 47.6 Å². The monoisotopic (exact) mass is 374 g/mol. The number of ether oxygens (including phenoxy) is 1. The Bertz CT molecular complexity index is 960. The molecule has 1 aliphatic rings. The van der Waals surface area contributed by atoms with Crippen LogP contribution in [-0.2, 0) is 9.53 Å². The molecule has 0 fully saturated rings. The second-order valence-electron chi connectivity index (χ2n) is 5.51. The molecule has 0 radical (unpaired) electrons. The third-order valence-corrected chi connectivity index (χ3v) is 3.71. The van der Waals surface area contributed by atoms with Crippen LogP contribution in [0.3, 0.4) is 0 Å². The van der Waals surface area contributed by atoms with Crippen LogP contribution in [0.4, 0.5) is 15.8 Å². The van der Waals surface area contributed by atoms with Gasteiger partial charge in [-0.05, 0) is 6.07 Å². The summed E-state index contributed by atoms with van der Waals surface area (Å²) in [5.41, 5.74) is -1.16. The molecule has 1 heterocycles. The van der Waals surface area contributed by atoms with Gasteiger partial charge in [0.05, 0.1) is 27.0 Å². The zero-order valence-corrected chi connectivity index (χ0v) is 13.7. The molecule has 0 N–H and O–H groups in total. The number of hydrogen-bond acceptors (Lipinski definition) is 7. The van der Waals surface area contributed by atoms with Gasteiger partial charge in [-0.25, -0.2) is 4.39 Å². The number of carbonyl (C=O) groups is 1. The van der Waals surface area contributed by atoms with Gasteiger partial charge in [0.2, 0.25) is 18.0 Å². The minimum atomic E-state index is -1.24. The van der Waals surface area contributed by atoms with E-state index < -0.39 is 39.2 Å². The van der Waals surface area contributed by atoms with Gasteiger partial charge >= 0.3 is 0 Å². The van der Waals surface area contributed by atoms with Crippen molar-refractivity contribution < 1.29 is 23.8 Å². The molecule has 1 atom stereocenters. The first-order chi connectivity index (χ1) is 12.8. The first-order valence-electron chi connectivity index (χ1n) is 7.51. The highest BCUT2D eigenvalue weighted by molar-refractivity contribution is 5.97. The van der Waals surface area contributed by atoms with Crippen molar-refractivity contribution in [2.24, 2.45) is 5.10 Å². The van der Waals surface area contributed by atoms with E-state index in [4.69, 9.17) is 4.74 Å². The largest absolute Gasteiger partial charge is 0.446 e. The van der Waals surface area contributed by atoms with Gasteiger partial charge in [-0.15, -0.1) is 5.10 Å². The Morgan fingerprint density at radius 3 is 2.26 bits per heavy atom. The number of halogens is 1. The number of hydrogen-bond donors (Lipinski definition) is 0. The molecule has 1 aliphatic heterocycles. The number of benzene rings is 2. The summed E-state index contributed by atoms with van der Waals surface area (Å²) in [5.74, 6) is -1.49. The summed E-state index contributed by atoms with van der Waals surface area (Å²) in [5, 5.41) is 26.9. The number of hydrazone groups is 1. The molecule has 0 aliphatic carbocycles. The summed E-state index contributed by atoms with van der Waals surface area (Å²) in [6.07, 6.45) is -1.24. The minimum Gasteiger partial charge on any atom is -0.446 e. The number of nitro groups is 2. The number of rotatable bonds is 4. The SMILES string of the molecule is CC(=O)N1N=C(c2cc([N+](=O)[O-])cc([N+](=O)[O-])c2)O[C@H]1c1ccccc1F. The van der Waals surface area contributed by atoms with Gasteiger partial charge in [-0.3, -0.25) is 25.0 Å². The number of amides is 1. The Labute approximate surface area is 150 Å². The van der Waals surface area contributed by atoms with Crippen molar-refractivity contribution in [3.8, 4) is 0 Å². The maximum Gasteiger partial charge on any atom is 0.277 e. The number of non-ortho nitro benzene ring substituents is 2. The van der Waals surface area contributed by atoms with Crippen LogP contribution >= 0.6 is 0 Å². The maximum absolute atomic E-state index is 14.1. The summed E-state index contributed by atoms with van der Waals surface area (Å²) in [6, 6.07) is 8.39. The smallest absolute Gasteiger partial charge is 0.277 e. The first-order valence-corrected chi connectivity index (χ1v) is 7.51. The third-order valence-electron chi connectivity index (χ3n) is 3.71. The molecular formula is C16H11FN4O6. The average Bonchev–Trinajstić information content (AvgIpc) is 3.07. The molecule has 1 amide bonds. The first kappa shape index (κ1) is 17.9. The number of carbonyl (C=O) groups excluding carboxylic acids is 1. The lowest BCUT2D eigenvalue weighted by atomic mass is 10.1. The van der Waals surface area contributed by atoms with E-state index in [1.54, 1.807) is 0 Å². The highest BCUT2D eigenvalue weighted by Gasteiger charge is 2.35. The summed E-state index contributed by atoms with van der Waals surface area (Å²) < 4.78 is 19.6. The Morgan fingerprint density at radius 1 is 1.15 bits per heavy atom. The topological polar surface area (TPSA) is 128 Å². The fourth-order valence-corrected chi connectivity index (χ4v) is 2.49. The highest BCUT2D eigenvalue weighted by atomic mass is 19.1. The minimum absolute atomic E-state index is 0.0198. The van der Waals surface area contributed by atoms with Gasteiger partial charge in [0.25, 0.3) is 11.4 Å². The van der Waals surface area contributed by atoms with Gasteiger partial charge in [0, 0.05) is 19.1 Å². The van der Waals surface area contributed by atoms with Crippen LogP contribution in [0.5, 0.6) is 0 Å². The normalized spacial score (nSPS) is 15.9. The summed E-state index contributed by atoms with van der Waals surface area (Å²) in [7, 11) is 0. The molecule has 27 heavy (non-hydrogen) atoms. The lowest BCUT2D eigenvalue weighted by Crippen LogP contribution is -2.26. The Balaban J connectivity index is 2.06. The molecule has 2 aromatic carbocycles. The van der Waals surface area contributed by atoms with Gasteiger partial charge < -0.3 is 4.74 Å². The molecule has 0 spiro atoms. The van der Waals surface area contributed by atoms with Crippen LogP contribution in [0.2, 0.25) is 0 Å². The molecule has 0 aromatic heterocycles. The van der Waals surface area contributed by atoms with Crippen LogP contribution < -0.4 is 0 Å². The van der Waals surface area contributed by atoms with Crippen molar-refractivity contribution in [1.29, 1.82) is 0 Å². The fraction of sp³-hybridized carbons (Fsp3) is 0.125. The molecule has 10 nitrogen and oxygen atoms in total. The van der Waals surface area contributed by atoms with Crippen molar-refractivity contribution in [1.82, 2.24) is 5.01 Å². The predicted molar refractivity (Wildman–Crippen MR) is 89.0 cm³/mol. The predicted octanol–water partition coefficient (Wildman–Crippen LogP) is 2.88. The zero-order chi connectivity index (χ0) is 19.7. The van der Waals surface area contributed by atoms with E-state index in [-0.39, 0.29) is 17.0 Å². The van der Waals surface area contributed by atoms with Gasteiger partial charge in [-0.1, -0.05) is 18.2 Å². The molecule has 3 rings (SSSR count). The second-order valence-corrected chi connectivity index (χ2v) is 5.51.